The van der Waals surface area contributed by atoms with E-state index in [0.29, 0.717) is 27.8 Å². The molecular formula is C21H15Cl2N3O3. The van der Waals surface area contributed by atoms with Crippen molar-refractivity contribution in [3.8, 4) is 17.2 Å². The number of benzene rings is 2. The van der Waals surface area contributed by atoms with Gasteiger partial charge in [0.05, 0.1) is 17.7 Å². The number of aromatic nitrogens is 2. The van der Waals surface area contributed by atoms with Gasteiger partial charge in [-0.1, -0.05) is 23.2 Å². The standard InChI is InChI=1S/C21H15Cl2N3O3/c1-11-8-12(21-26-19-17(29-21)4-3-7-24-19)5-6-16(11)25-20(27)14-9-13(22)10-15(23)18(14)28-2/h3-10H,1-2H3,(H,25,27). The number of pyridine rings is 1. The van der Waals surface area contributed by atoms with Crippen molar-refractivity contribution in [2.45, 2.75) is 6.92 Å². The molecule has 1 amide bonds. The molecule has 1 N–H and O–H groups in total. The van der Waals surface area contributed by atoms with Gasteiger partial charge < -0.3 is 14.5 Å². The molecule has 6 nitrogen and oxygen atoms in total. The number of methoxy groups -OCH3 is 1. The summed E-state index contributed by atoms with van der Waals surface area (Å²) >= 11 is 12.2. The van der Waals surface area contributed by atoms with Gasteiger partial charge in [-0.15, -0.1) is 0 Å². The lowest BCUT2D eigenvalue weighted by molar-refractivity contribution is 0.102. The van der Waals surface area contributed by atoms with Crippen molar-refractivity contribution in [2.75, 3.05) is 12.4 Å². The van der Waals surface area contributed by atoms with Gasteiger partial charge >= 0.3 is 0 Å². The van der Waals surface area contributed by atoms with Crippen LogP contribution < -0.4 is 10.1 Å². The zero-order valence-corrected chi connectivity index (χ0v) is 17.0. The molecule has 0 aliphatic rings. The number of fused-ring (bicyclic) bond motifs is 1. The number of hydrogen-bond donors (Lipinski definition) is 1. The molecule has 0 aliphatic heterocycles. The van der Waals surface area contributed by atoms with Crippen LogP contribution in [0.3, 0.4) is 0 Å². The molecule has 0 saturated carbocycles. The summed E-state index contributed by atoms with van der Waals surface area (Å²) in [6.45, 7) is 1.88. The minimum Gasteiger partial charge on any atom is -0.494 e. The largest absolute Gasteiger partial charge is 0.494 e. The fourth-order valence-electron chi connectivity index (χ4n) is 2.96. The maximum atomic E-state index is 12.8. The highest BCUT2D eigenvalue weighted by atomic mass is 35.5. The van der Waals surface area contributed by atoms with Crippen LogP contribution in [0, 0.1) is 6.92 Å². The molecule has 4 rings (SSSR count). The maximum Gasteiger partial charge on any atom is 0.259 e. The SMILES string of the molecule is COc1c(Cl)cc(Cl)cc1C(=O)Nc1ccc(-c2nc3ncccc3o2)cc1C. The quantitative estimate of drug-likeness (QED) is 0.447. The Hall–Kier alpha value is -3.09. The van der Waals surface area contributed by atoms with Crippen LogP contribution in [0.1, 0.15) is 15.9 Å². The van der Waals surface area contributed by atoms with Gasteiger partial charge in [0, 0.05) is 22.5 Å². The zero-order chi connectivity index (χ0) is 20.5. The molecule has 0 atom stereocenters. The van der Waals surface area contributed by atoms with E-state index in [1.807, 2.05) is 25.1 Å². The minimum atomic E-state index is -0.381. The van der Waals surface area contributed by atoms with Gasteiger partial charge in [-0.05, 0) is 55.0 Å². The van der Waals surface area contributed by atoms with Crippen LogP contribution in [-0.2, 0) is 0 Å². The predicted octanol–water partition coefficient (Wildman–Crippen LogP) is 5.77. The zero-order valence-electron chi connectivity index (χ0n) is 15.5. The number of carbonyl (C=O) groups excluding carboxylic acids is 1. The summed E-state index contributed by atoms with van der Waals surface area (Å²) in [5.41, 5.74) is 3.65. The molecule has 0 spiro atoms. The number of carbonyl (C=O) groups is 1. The number of anilines is 1. The van der Waals surface area contributed by atoms with E-state index < -0.39 is 0 Å². The van der Waals surface area contributed by atoms with Gasteiger partial charge in [-0.3, -0.25) is 4.79 Å². The number of aryl methyl sites for hydroxylation is 1. The number of hydrogen-bond acceptors (Lipinski definition) is 5. The fourth-order valence-corrected chi connectivity index (χ4v) is 3.53. The number of amides is 1. The summed E-state index contributed by atoms with van der Waals surface area (Å²) in [6, 6.07) is 12.1. The molecule has 146 valence electrons. The van der Waals surface area contributed by atoms with E-state index in [2.05, 4.69) is 15.3 Å². The Labute approximate surface area is 176 Å². The van der Waals surface area contributed by atoms with Crippen LogP contribution in [0.4, 0.5) is 5.69 Å². The number of nitrogens with one attached hydrogen (secondary N) is 1. The lowest BCUT2D eigenvalue weighted by atomic mass is 10.1. The second-order valence-electron chi connectivity index (χ2n) is 6.30. The van der Waals surface area contributed by atoms with Crippen LogP contribution in [0.2, 0.25) is 10.0 Å². The van der Waals surface area contributed by atoms with Crippen molar-refractivity contribution in [3.63, 3.8) is 0 Å². The minimum absolute atomic E-state index is 0.249. The van der Waals surface area contributed by atoms with Gasteiger partial charge in [-0.2, -0.15) is 4.98 Å². The summed E-state index contributed by atoms with van der Waals surface area (Å²) in [7, 11) is 1.45. The summed E-state index contributed by atoms with van der Waals surface area (Å²) < 4.78 is 11.0. The Kier molecular flexibility index (Phi) is 5.13. The summed E-state index contributed by atoms with van der Waals surface area (Å²) in [5, 5.41) is 3.47. The number of halogens is 2. The molecule has 8 heteroatoms. The average Bonchev–Trinajstić information content (AvgIpc) is 3.13. The summed E-state index contributed by atoms with van der Waals surface area (Å²) in [6.07, 6.45) is 1.66. The summed E-state index contributed by atoms with van der Waals surface area (Å²) in [5.74, 6) is 0.345. The van der Waals surface area contributed by atoms with E-state index in [1.165, 1.54) is 19.2 Å². The van der Waals surface area contributed by atoms with Crippen LogP contribution in [0.5, 0.6) is 5.75 Å². The molecule has 2 aromatic heterocycles. The Morgan fingerprint density at radius 2 is 2.00 bits per heavy atom. The molecule has 2 aromatic carbocycles. The van der Waals surface area contributed by atoms with Gasteiger partial charge in [0.2, 0.25) is 5.89 Å². The van der Waals surface area contributed by atoms with Gasteiger partial charge in [-0.25, -0.2) is 4.98 Å². The average molecular weight is 428 g/mol. The number of ether oxygens (including phenoxy) is 1. The van der Waals surface area contributed by atoms with Crippen LogP contribution in [0.25, 0.3) is 22.7 Å². The van der Waals surface area contributed by atoms with Crippen molar-refractivity contribution in [1.82, 2.24) is 9.97 Å². The smallest absolute Gasteiger partial charge is 0.259 e. The Balaban J connectivity index is 1.63. The van der Waals surface area contributed by atoms with Crippen LogP contribution in [0.15, 0.2) is 53.1 Å². The van der Waals surface area contributed by atoms with E-state index in [0.717, 1.165) is 11.1 Å². The van der Waals surface area contributed by atoms with E-state index in [-0.39, 0.29) is 22.2 Å². The van der Waals surface area contributed by atoms with Crippen LogP contribution >= 0.6 is 23.2 Å². The predicted molar refractivity (Wildman–Crippen MR) is 113 cm³/mol. The first-order valence-electron chi connectivity index (χ1n) is 8.63. The summed E-state index contributed by atoms with van der Waals surface area (Å²) in [4.78, 5) is 21.3. The number of nitrogens with zero attached hydrogens (tertiary/aromatic N) is 2. The molecule has 29 heavy (non-hydrogen) atoms. The van der Waals surface area contributed by atoms with E-state index in [9.17, 15) is 4.79 Å². The monoisotopic (exact) mass is 427 g/mol. The van der Waals surface area contributed by atoms with E-state index in [1.54, 1.807) is 18.3 Å². The van der Waals surface area contributed by atoms with Gasteiger partial charge in [0.1, 0.15) is 5.75 Å². The van der Waals surface area contributed by atoms with E-state index in [4.69, 9.17) is 32.4 Å². The molecule has 0 radical (unpaired) electrons. The molecule has 0 bridgehead atoms. The first kappa shape index (κ1) is 19.2. The first-order chi connectivity index (χ1) is 14.0. The molecular weight excluding hydrogens is 413 g/mol. The van der Waals surface area contributed by atoms with Crippen LogP contribution in [-0.4, -0.2) is 23.0 Å². The van der Waals surface area contributed by atoms with E-state index >= 15 is 0 Å². The molecule has 2 heterocycles. The second kappa shape index (κ2) is 7.73. The molecule has 4 aromatic rings. The lowest BCUT2D eigenvalue weighted by Gasteiger charge is -2.13. The third-order valence-corrected chi connectivity index (χ3v) is 4.84. The van der Waals surface area contributed by atoms with Crippen molar-refractivity contribution < 1.29 is 13.9 Å². The molecule has 0 unspecified atom stereocenters. The number of oxazole rings is 1. The van der Waals surface area contributed by atoms with Crippen molar-refractivity contribution >= 4 is 46.0 Å². The lowest BCUT2D eigenvalue weighted by Crippen LogP contribution is -2.14. The Bertz CT molecular complexity index is 1200. The third kappa shape index (κ3) is 3.77. The highest BCUT2D eigenvalue weighted by Crippen LogP contribution is 2.33. The molecule has 0 aliphatic carbocycles. The second-order valence-corrected chi connectivity index (χ2v) is 7.14. The van der Waals surface area contributed by atoms with Gasteiger partial charge in [0.15, 0.2) is 11.2 Å². The van der Waals surface area contributed by atoms with Crippen molar-refractivity contribution in [2.24, 2.45) is 0 Å². The normalized spacial score (nSPS) is 10.9. The van der Waals surface area contributed by atoms with Gasteiger partial charge in [0.25, 0.3) is 5.91 Å². The van der Waals surface area contributed by atoms with Crippen molar-refractivity contribution in [3.05, 3.63) is 69.8 Å². The Morgan fingerprint density at radius 3 is 2.72 bits per heavy atom. The third-order valence-electron chi connectivity index (χ3n) is 4.34. The fraction of sp³-hybridized carbons (Fsp3) is 0.0952. The number of rotatable bonds is 4. The first-order valence-corrected chi connectivity index (χ1v) is 9.39. The highest BCUT2D eigenvalue weighted by Gasteiger charge is 2.18. The molecule has 0 fully saturated rings. The highest BCUT2D eigenvalue weighted by molar-refractivity contribution is 6.36. The maximum absolute atomic E-state index is 12.8. The Morgan fingerprint density at radius 1 is 1.17 bits per heavy atom. The van der Waals surface area contributed by atoms with Crippen molar-refractivity contribution in [1.29, 1.82) is 0 Å². The molecule has 0 saturated heterocycles. The topological polar surface area (TPSA) is 77.2 Å².